The highest BCUT2D eigenvalue weighted by atomic mass is 19.4. The van der Waals surface area contributed by atoms with Gasteiger partial charge in [0.2, 0.25) is 5.91 Å². The molecule has 3 fully saturated rings. The topological polar surface area (TPSA) is 118 Å². The third-order valence-electron chi connectivity index (χ3n) is 10.5. The van der Waals surface area contributed by atoms with Gasteiger partial charge in [0.25, 0.3) is 0 Å². The fourth-order valence-corrected chi connectivity index (χ4v) is 7.69. The van der Waals surface area contributed by atoms with Gasteiger partial charge in [-0.2, -0.15) is 13.2 Å². The Kier molecular flexibility index (Phi) is 12.3. The van der Waals surface area contributed by atoms with Gasteiger partial charge in [-0.05, 0) is 86.9 Å². The Balaban J connectivity index is 1.16. The maximum Gasteiger partial charge on any atom is 0.471 e. The SMILES string of the molecule is C[C@@H]1[C@H](CN2CCC[C@H]2C(=O)OC(C)(C)C)O[C@H](c2ccc(-c3cccc(CNC(=O)[C@@H]4CCCN4C(=O)C(F)(F)F)c3)cc2)O[C@@H]1c1ccc(CO)cc1. The molecule has 2 amide bonds. The van der Waals surface area contributed by atoms with E-state index in [1.807, 2.05) is 93.6 Å². The number of hydrogen-bond donors (Lipinski definition) is 2. The van der Waals surface area contributed by atoms with Crippen molar-refractivity contribution in [1.82, 2.24) is 15.1 Å². The molecule has 0 spiro atoms. The second-order valence-electron chi connectivity index (χ2n) is 15.7. The van der Waals surface area contributed by atoms with Gasteiger partial charge in [0, 0.05) is 31.1 Å². The van der Waals surface area contributed by atoms with Crippen molar-refractivity contribution in [3.63, 3.8) is 0 Å². The van der Waals surface area contributed by atoms with Crippen LogP contribution in [-0.4, -0.2) is 82.3 Å². The predicted molar refractivity (Wildman–Crippen MR) is 198 cm³/mol. The molecule has 3 aliphatic heterocycles. The van der Waals surface area contributed by atoms with Gasteiger partial charge in [0.1, 0.15) is 17.7 Å². The number of aliphatic hydroxyl groups excluding tert-OH is 1. The van der Waals surface area contributed by atoms with Crippen LogP contribution in [0.1, 0.15) is 88.0 Å². The van der Waals surface area contributed by atoms with Crippen LogP contribution in [0, 0.1) is 5.92 Å². The molecular weight excluding hydrogens is 715 g/mol. The zero-order valence-electron chi connectivity index (χ0n) is 31.7. The van der Waals surface area contributed by atoms with E-state index in [2.05, 4.69) is 17.1 Å². The van der Waals surface area contributed by atoms with Gasteiger partial charge in [0.15, 0.2) is 6.29 Å². The molecule has 3 heterocycles. The Morgan fingerprint density at radius 3 is 2.20 bits per heavy atom. The van der Waals surface area contributed by atoms with E-state index in [4.69, 9.17) is 14.2 Å². The van der Waals surface area contributed by atoms with Crippen molar-refractivity contribution in [3.05, 3.63) is 95.1 Å². The van der Waals surface area contributed by atoms with Gasteiger partial charge in [-0.3, -0.25) is 19.3 Å². The van der Waals surface area contributed by atoms with E-state index in [0.29, 0.717) is 17.9 Å². The number of halogens is 3. The molecule has 3 aliphatic rings. The number of alkyl halides is 3. The summed E-state index contributed by atoms with van der Waals surface area (Å²) in [7, 11) is 0. The highest BCUT2D eigenvalue weighted by molar-refractivity contribution is 5.90. The lowest BCUT2D eigenvalue weighted by Gasteiger charge is -2.43. The molecule has 13 heteroatoms. The maximum absolute atomic E-state index is 13.2. The summed E-state index contributed by atoms with van der Waals surface area (Å²) in [6.07, 6.45) is -4.23. The van der Waals surface area contributed by atoms with Crippen molar-refractivity contribution in [2.45, 2.75) is 109 Å². The van der Waals surface area contributed by atoms with Crippen molar-refractivity contribution >= 4 is 17.8 Å². The summed E-state index contributed by atoms with van der Waals surface area (Å²) in [5, 5.41) is 12.3. The molecule has 10 nitrogen and oxygen atoms in total. The number of carbonyl (C=O) groups is 3. The molecule has 2 N–H and O–H groups in total. The molecule has 3 saturated heterocycles. The third kappa shape index (κ3) is 9.75. The van der Waals surface area contributed by atoms with Gasteiger partial charge in [-0.1, -0.05) is 73.7 Å². The molecule has 296 valence electrons. The van der Waals surface area contributed by atoms with Crippen LogP contribution in [0.4, 0.5) is 13.2 Å². The molecular formula is C42H50F3N3O7. The number of hydrogen-bond acceptors (Lipinski definition) is 8. The predicted octanol–water partition coefficient (Wildman–Crippen LogP) is 6.61. The molecule has 0 aromatic heterocycles. The fraction of sp³-hybridized carbons (Fsp3) is 0.500. The molecule has 0 radical (unpaired) electrons. The third-order valence-corrected chi connectivity index (χ3v) is 10.5. The number of nitrogens with one attached hydrogen (secondary N) is 1. The highest BCUT2D eigenvalue weighted by Crippen LogP contribution is 2.43. The number of rotatable bonds is 10. The number of carbonyl (C=O) groups excluding carboxylic acids is 3. The number of aliphatic hydroxyl groups is 1. The zero-order chi connectivity index (χ0) is 39.5. The van der Waals surface area contributed by atoms with Crippen LogP contribution in [0.15, 0.2) is 72.8 Å². The van der Waals surface area contributed by atoms with E-state index in [1.54, 1.807) is 0 Å². The summed E-state index contributed by atoms with van der Waals surface area (Å²) in [5.41, 5.74) is 4.49. The van der Waals surface area contributed by atoms with Crippen LogP contribution in [0.25, 0.3) is 11.1 Å². The van der Waals surface area contributed by atoms with E-state index >= 15 is 0 Å². The van der Waals surface area contributed by atoms with Gasteiger partial charge in [-0.15, -0.1) is 0 Å². The van der Waals surface area contributed by atoms with Crippen molar-refractivity contribution in [3.8, 4) is 11.1 Å². The van der Waals surface area contributed by atoms with Crippen LogP contribution >= 0.6 is 0 Å². The number of amides is 2. The van der Waals surface area contributed by atoms with E-state index in [0.717, 1.165) is 52.8 Å². The normalized spacial score (nSPS) is 24.8. The van der Waals surface area contributed by atoms with E-state index in [-0.39, 0.29) is 56.3 Å². The average Bonchev–Trinajstić information content (AvgIpc) is 3.84. The van der Waals surface area contributed by atoms with Gasteiger partial charge >= 0.3 is 18.1 Å². The number of esters is 1. The van der Waals surface area contributed by atoms with E-state index in [9.17, 15) is 32.7 Å². The van der Waals surface area contributed by atoms with Crippen LogP contribution in [0.2, 0.25) is 0 Å². The first kappa shape index (κ1) is 40.4. The second-order valence-corrected chi connectivity index (χ2v) is 15.7. The molecule has 0 bridgehead atoms. The largest absolute Gasteiger partial charge is 0.471 e. The number of benzene rings is 3. The molecule has 0 unspecified atom stereocenters. The standard InChI is InChI=1S/C42H50F3N3O7/c1-26-35(24-47-20-6-11-34(47)38(51)55-41(2,3)4)53-39(54-36(26)30-14-12-27(25-49)13-15-30)31-18-16-29(17-19-31)32-9-5-8-28(22-32)23-46-37(50)33-10-7-21-48(33)40(52)42(43,44)45/h5,8-9,12-19,22,26,33-36,39,49H,6-7,10-11,20-21,23-25H2,1-4H3,(H,46,50)/t26-,33+,34+,35+,36+,39+/m1/s1. The minimum Gasteiger partial charge on any atom is -0.459 e. The molecule has 3 aromatic rings. The Hall–Kier alpha value is -4.30. The van der Waals surface area contributed by atoms with Gasteiger partial charge in [0.05, 0.1) is 18.8 Å². The summed E-state index contributed by atoms with van der Waals surface area (Å²) in [5.74, 6) is -2.90. The minimum absolute atomic E-state index is 0.0621. The Labute approximate surface area is 319 Å². The second kappa shape index (κ2) is 16.8. The molecule has 6 rings (SSSR count). The van der Waals surface area contributed by atoms with Crippen LogP contribution in [0.5, 0.6) is 0 Å². The van der Waals surface area contributed by atoms with Crippen molar-refractivity contribution in [1.29, 1.82) is 0 Å². The minimum atomic E-state index is -5.03. The molecule has 6 atom stereocenters. The Morgan fingerprint density at radius 1 is 0.855 bits per heavy atom. The van der Waals surface area contributed by atoms with Crippen molar-refractivity contribution in [2.75, 3.05) is 19.6 Å². The highest BCUT2D eigenvalue weighted by Gasteiger charge is 2.48. The monoisotopic (exact) mass is 765 g/mol. The smallest absolute Gasteiger partial charge is 0.459 e. The molecule has 0 aliphatic carbocycles. The zero-order valence-corrected chi connectivity index (χ0v) is 31.7. The first-order valence-corrected chi connectivity index (χ1v) is 18.9. The summed E-state index contributed by atoms with van der Waals surface area (Å²) < 4.78 is 58.3. The molecule has 55 heavy (non-hydrogen) atoms. The first-order valence-electron chi connectivity index (χ1n) is 18.9. The van der Waals surface area contributed by atoms with Crippen LogP contribution in [0.3, 0.4) is 0 Å². The lowest BCUT2D eigenvalue weighted by atomic mass is 9.89. The van der Waals surface area contributed by atoms with Crippen LogP contribution in [-0.2, 0) is 41.7 Å². The first-order chi connectivity index (χ1) is 26.1. The molecule has 0 saturated carbocycles. The summed E-state index contributed by atoms with van der Waals surface area (Å²) in [6, 6.07) is 21.5. The fourth-order valence-electron chi connectivity index (χ4n) is 7.69. The Bertz CT molecular complexity index is 1810. The summed E-state index contributed by atoms with van der Waals surface area (Å²) in [4.78, 5) is 40.6. The van der Waals surface area contributed by atoms with Crippen molar-refractivity contribution in [2.24, 2.45) is 5.92 Å². The van der Waals surface area contributed by atoms with Gasteiger partial charge < -0.3 is 29.5 Å². The van der Waals surface area contributed by atoms with Crippen LogP contribution < -0.4 is 5.32 Å². The van der Waals surface area contributed by atoms with E-state index < -0.39 is 35.9 Å². The number of likely N-dealkylation sites (tertiary alicyclic amines) is 2. The lowest BCUT2D eigenvalue weighted by Crippen LogP contribution is -2.50. The summed E-state index contributed by atoms with van der Waals surface area (Å²) in [6.45, 7) is 8.90. The average molecular weight is 766 g/mol. The maximum atomic E-state index is 13.2. The van der Waals surface area contributed by atoms with E-state index in [1.165, 1.54) is 0 Å². The number of nitrogens with zero attached hydrogens (tertiary/aromatic N) is 2. The van der Waals surface area contributed by atoms with Crippen molar-refractivity contribution < 1.29 is 46.9 Å². The lowest BCUT2D eigenvalue weighted by molar-refractivity contribution is -0.276. The Morgan fingerprint density at radius 2 is 1.53 bits per heavy atom. The number of ether oxygens (including phenoxy) is 3. The quantitative estimate of drug-likeness (QED) is 0.222. The summed E-state index contributed by atoms with van der Waals surface area (Å²) >= 11 is 0. The molecule has 3 aromatic carbocycles. The van der Waals surface area contributed by atoms with Gasteiger partial charge in [-0.25, -0.2) is 0 Å².